The van der Waals surface area contributed by atoms with Gasteiger partial charge in [-0.25, -0.2) is 9.79 Å². The number of methoxy groups -OCH3 is 1. The summed E-state index contributed by atoms with van der Waals surface area (Å²) in [4.78, 5) is 19.3. The lowest BCUT2D eigenvalue weighted by atomic mass is 10.2. The van der Waals surface area contributed by atoms with E-state index in [2.05, 4.69) is 4.99 Å². The van der Waals surface area contributed by atoms with Crippen molar-refractivity contribution in [2.24, 2.45) is 4.99 Å². The van der Waals surface area contributed by atoms with Crippen molar-refractivity contribution in [1.82, 2.24) is 0 Å². The Kier molecular flexibility index (Phi) is 4.16. The summed E-state index contributed by atoms with van der Waals surface area (Å²) in [7, 11) is 5.54. The molecule has 1 aliphatic heterocycles. The molecule has 0 unspecified atom stereocenters. The van der Waals surface area contributed by atoms with Gasteiger partial charge in [0.25, 0.3) is 0 Å². The number of carbonyl (C=O) groups excluding carboxylic acids is 1. The molecule has 5 nitrogen and oxygen atoms in total. The normalized spacial score (nSPS) is 15.5. The summed E-state index contributed by atoms with van der Waals surface area (Å²) >= 11 is 1.59. The highest BCUT2D eigenvalue weighted by Crippen LogP contribution is 2.28. The summed E-state index contributed by atoms with van der Waals surface area (Å²) in [5.74, 6) is 0.541. The number of nitrogens with zero attached hydrogens (tertiary/aromatic N) is 2. The van der Waals surface area contributed by atoms with Gasteiger partial charge in [-0.15, -0.1) is 11.3 Å². The molecule has 0 spiro atoms. The fraction of sp³-hybridized carbons (Fsp3) is 0.176. The molecular weight excluding hydrogens is 312 g/mol. The summed E-state index contributed by atoms with van der Waals surface area (Å²) in [6.45, 7) is 0. The zero-order valence-corrected chi connectivity index (χ0v) is 13.9. The van der Waals surface area contributed by atoms with Gasteiger partial charge in [-0.3, -0.25) is 0 Å². The molecule has 118 valence electrons. The Morgan fingerprint density at radius 3 is 2.78 bits per heavy atom. The lowest BCUT2D eigenvalue weighted by Crippen LogP contribution is -2.05. The third kappa shape index (κ3) is 3.27. The standard InChI is InChI=1S/C17H16N2O3S/c1-19(2)15-8-7-13(23-15)10-14-17(20)22-16(18-14)11-5-4-6-12(9-11)21-3/h4-10H,1-3H3/b14-10-. The Morgan fingerprint density at radius 1 is 1.26 bits per heavy atom. The van der Waals surface area contributed by atoms with Crippen LogP contribution >= 0.6 is 11.3 Å². The number of benzene rings is 1. The molecule has 0 N–H and O–H groups in total. The van der Waals surface area contributed by atoms with E-state index in [0.717, 1.165) is 9.88 Å². The minimum Gasteiger partial charge on any atom is -0.497 e. The van der Waals surface area contributed by atoms with Crippen molar-refractivity contribution in [2.75, 3.05) is 26.1 Å². The van der Waals surface area contributed by atoms with E-state index in [-0.39, 0.29) is 0 Å². The number of esters is 1. The maximum atomic E-state index is 12.0. The van der Waals surface area contributed by atoms with E-state index in [9.17, 15) is 4.79 Å². The Morgan fingerprint density at radius 2 is 2.09 bits per heavy atom. The average molecular weight is 328 g/mol. The molecule has 2 heterocycles. The van der Waals surface area contributed by atoms with Crippen LogP contribution in [0.4, 0.5) is 5.00 Å². The molecule has 0 radical (unpaired) electrons. The van der Waals surface area contributed by atoms with Gasteiger partial charge in [-0.05, 0) is 36.4 Å². The average Bonchev–Trinajstić information content (AvgIpc) is 3.15. The van der Waals surface area contributed by atoms with Crippen LogP contribution in [-0.4, -0.2) is 33.1 Å². The van der Waals surface area contributed by atoms with Crippen molar-refractivity contribution in [1.29, 1.82) is 0 Å². The summed E-state index contributed by atoms with van der Waals surface area (Å²) in [6, 6.07) is 11.2. The third-order valence-corrected chi connectivity index (χ3v) is 4.47. The first-order chi connectivity index (χ1) is 11.1. The van der Waals surface area contributed by atoms with Gasteiger partial charge in [0.1, 0.15) is 5.75 Å². The lowest BCUT2D eigenvalue weighted by molar-refractivity contribution is -0.129. The van der Waals surface area contributed by atoms with Crippen LogP contribution in [0.15, 0.2) is 47.1 Å². The maximum Gasteiger partial charge on any atom is 0.363 e. The zero-order chi connectivity index (χ0) is 16.4. The second-order valence-corrected chi connectivity index (χ2v) is 6.23. The molecule has 1 aromatic carbocycles. The molecule has 1 aromatic heterocycles. The number of cyclic esters (lactones) is 1. The van der Waals surface area contributed by atoms with Crippen molar-refractivity contribution in [2.45, 2.75) is 0 Å². The second-order valence-electron chi connectivity index (χ2n) is 5.14. The van der Waals surface area contributed by atoms with E-state index >= 15 is 0 Å². The van der Waals surface area contributed by atoms with E-state index in [1.54, 1.807) is 30.6 Å². The van der Waals surface area contributed by atoms with Crippen LogP contribution in [0.25, 0.3) is 6.08 Å². The van der Waals surface area contributed by atoms with Crippen LogP contribution in [0.2, 0.25) is 0 Å². The van der Waals surface area contributed by atoms with Gasteiger partial charge in [0.05, 0.1) is 12.1 Å². The van der Waals surface area contributed by atoms with Crippen molar-refractivity contribution in [3.63, 3.8) is 0 Å². The van der Waals surface area contributed by atoms with Gasteiger partial charge in [0, 0.05) is 24.5 Å². The topological polar surface area (TPSA) is 51.1 Å². The number of rotatable bonds is 4. The van der Waals surface area contributed by atoms with Crippen LogP contribution in [0.5, 0.6) is 5.75 Å². The smallest absolute Gasteiger partial charge is 0.363 e. The number of thiophene rings is 1. The maximum absolute atomic E-state index is 12.0. The van der Waals surface area contributed by atoms with E-state index in [0.29, 0.717) is 22.9 Å². The minimum absolute atomic E-state index is 0.296. The first kappa shape index (κ1) is 15.3. The number of hydrogen-bond acceptors (Lipinski definition) is 6. The van der Waals surface area contributed by atoms with Crippen LogP contribution in [0, 0.1) is 0 Å². The highest BCUT2D eigenvalue weighted by atomic mass is 32.1. The molecule has 0 aliphatic carbocycles. The molecule has 0 saturated carbocycles. The number of ether oxygens (including phenoxy) is 2. The number of hydrogen-bond donors (Lipinski definition) is 0. The van der Waals surface area contributed by atoms with Gasteiger partial charge in [-0.2, -0.15) is 0 Å². The first-order valence-electron chi connectivity index (χ1n) is 7.01. The van der Waals surface area contributed by atoms with Crippen molar-refractivity contribution in [3.05, 3.63) is 52.5 Å². The van der Waals surface area contributed by atoms with Crippen LogP contribution in [0.1, 0.15) is 10.4 Å². The molecule has 0 amide bonds. The van der Waals surface area contributed by atoms with E-state index in [4.69, 9.17) is 9.47 Å². The van der Waals surface area contributed by atoms with Gasteiger partial charge >= 0.3 is 5.97 Å². The van der Waals surface area contributed by atoms with Crippen molar-refractivity contribution >= 4 is 34.3 Å². The number of carbonyl (C=O) groups is 1. The fourth-order valence-corrected chi connectivity index (χ4v) is 2.95. The molecule has 2 aromatic rings. The van der Waals surface area contributed by atoms with Crippen molar-refractivity contribution in [3.8, 4) is 5.75 Å². The molecule has 1 aliphatic rings. The molecular formula is C17H16N2O3S. The quantitative estimate of drug-likeness (QED) is 0.639. The van der Waals surface area contributed by atoms with E-state index in [1.807, 2.05) is 49.3 Å². The highest BCUT2D eigenvalue weighted by molar-refractivity contribution is 7.16. The van der Waals surface area contributed by atoms with Crippen LogP contribution < -0.4 is 9.64 Å². The van der Waals surface area contributed by atoms with Crippen LogP contribution in [-0.2, 0) is 9.53 Å². The predicted octanol–water partition coefficient (Wildman–Crippen LogP) is 3.17. The first-order valence-corrected chi connectivity index (χ1v) is 7.82. The van der Waals surface area contributed by atoms with E-state index < -0.39 is 5.97 Å². The lowest BCUT2D eigenvalue weighted by Gasteiger charge is -2.06. The van der Waals surface area contributed by atoms with Gasteiger partial charge < -0.3 is 14.4 Å². The molecule has 0 bridgehead atoms. The fourth-order valence-electron chi connectivity index (χ4n) is 2.08. The molecule has 3 rings (SSSR count). The second kappa shape index (κ2) is 6.26. The zero-order valence-electron chi connectivity index (χ0n) is 13.1. The monoisotopic (exact) mass is 328 g/mol. The SMILES string of the molecule is COc1cccc(C2=N/C(=C\c3ccc(N(C)C)s3)C(=O)O2)c1. The predicted molar refractivity (Wildman–Crippen MR) is 92.2 cm³/mol. The molecule has 23 heavy (non-hydrogen) atoms. The third-order valence-electron chi connectivity index (χ3n) is 3.27. The largest absolute Gasteiger partial charge is 0.497 e. The summed E-state index contributed by atoms with van der Waals surface area (Å²) in [5, 5.41) is 1.11. The van der Waals surface area contributed by atoms with Gasteiger partial charge in [-0.1, -0.05) is 6.07 Å². The minimum atomic E-state index is -0.442. The Balaban J connectivity index is 1.89. The Labute approximate surface area is 138 Å². The van der Waals surface area contributed by atoms with Gasteiger partial charge in [0.2, 0.25) is 5.90 Å². The summed E-state index contributed by atoms with van der Waals surface area (Å²) in [5.41, 5.74) is 1.01. The summed E-state index contributed by atoms with van der Waals surface area (Å²) < 4.78 is 10.4. The Hall–Kier alpha value is -2.60. The number of aliphatic imine (C=N–C) groups is 1. The van der Waals surface area contributed by atoms with E-state index in [1.165, 1.54) is 0 Å². The molecule has 6 heteroatoms. The summed E-state index contributed by atoms with van der Waals surface area (Å²) in [6.07, 6.45) is 1.74. The number of anilines is 1. The molecule has 0 fully saturated rings. The van der Waals surface area contributed by atoms with Crippen LogP contribution in [0.3, 0.4) is 0 Å². The molecule has 0 atom stereocenters. The molecule has 0 saturated heterocycles. The Bertz CT molecular complexity index is 806. The van der Waals surface area contributed by atoms with Gasteiger partial charge in [0.15, 0.2) is 5.70 Å². The highest BCUT2D eigenvalue weighted by Gasteiger charge is 2.24. The van der Waals surface area contributed by atoms with Crippen molar-refractivity contribution < 1.29 is 14.3 Å².